The fraction of sp³-hybridized carbons (Fsp3) is 0.588. The SMILES string of the molecule is CCCN1CCCC(NCc2ccc(C#N)cc2)CC1. The maximum absolute atomic E-state index is 8.79. The molecular formula is C17H25N3. The summed E-state index contributed by atoms with van der Waals surface area (Å²) in [4.78, 5) is 2.59. The Morgan fingerprint density at radius 1 is 1.25 bits per heavy atom. The standard InChI is InChI=1S/C17H25N3/c1-2-10-20-11-3-4-17(9-12-20)19-14-16-7-5-15(13-18)6-8-16/h5-8,17,19H,2-4,9-12,14H2,1H3. The topological polar surface area (TPSA) is 39.1 Å². The molecule has 0 radical (unpaired) electrons. The summed E-state index contributed by atoms with van der Waals surface area (Å²) in [7, 11) is 0. The van der Waals surface area contributed by atoms with Crippen LogP contribution in [-0.2, 0) is 6.54 Å². The minimum absolute atomic E-state index is 0.632. The lowest BCUT2D eigenvalue weighted by Crippen LogP contribution is -2.30. The van der Waals surface area contributed by atoms with Gasteiger partial charge >= 0.3 is 0 Å². The monoisotopic (exact) mass is 271 g/mol. The van der Waals surface area contributed by atoms with Gasteiger partial charge in [-0.25, -0.2) is 0 Å². The molecule has 0 aromatic heterocycles. The Morgan fingerprint density at radius 2 is 2.05 bits per heavy atom. The summed E-state index contributed by atoms with van der Waals surface area (Å²) in [6.45, 7) is 6.87. The first-order chi connectivity index (χ1) is 9.81. The van der Waals surface area contributed by atoms with Gasteiger partial charge in [0.2, 0.25) is 0 Å². The zero-order chi connectivity index (χ0) is 14.2. The smallest absolute Gasteiger partial charge is 0.0991 e. The molecule has 0 bridgehead atoms. The number of benzene rings is 1. The Labute approximate surface area is 122 Å². The van der Waals surface area contributed by atoms with E-state index in [1.165, 1.54) is 50.9 Å². The molecule has 1 saturated heterocycles. The van der Waals surface area contributed by atoms with Crippen molar-refractivity contribution in [1.29, 1.82) is 5.26 Å². The van der Waals surface area contributed by atoms with Gasteiger partial charge in [0.15, 0.2) is 0 Å². The Bertz CT molecular complexity index is 433. The van der Waals surface area contributed by atoms with Crippen LogP contribution in [-0.4, -0.2) is 30.6 Å². The van der Waals surface area contributed by atoms with E-state index in [2.05, 4.69) is 23.2 Å². The average molecular weight is 271 g/mol. The molecule has 1 aromatic carbocycles. The molecule has 108 valence electrons. The van der Waals surface area contributed by atoms with Crippen molar-refractivity contribution in [3.63, 3.8) is 0 Å². The van der Waals surface area contributed by atoms with Crippen LogP contribution in [0.3, 0.4) is 0 Å². The fourth-order valence-corrected chi connectivity index (χ4v) is 2.86. The molecule has 0 saturated carbocycles. The molecule has 20 heavy (non-hydrogen) atoms. The maximum atomic E-state index is 8.79. The van der Waals surface area contributed by atoms with Crippen molar-refractivity contribution in [2.45, 2.75) is 45.2 Å². The summed E-state index contributed by atoms with van der Waals surface area (Å²) in [6.07, 6.45) is 5.07. The van der Waals surface area contributed by atoms with Crippen LogP contribution < -0.4 is 5.32 Å². The number of nitrogens with one attached hydrogen (secondary N) is 1. The highest BCUT2D eigenvalue weighted by atomic mass is 15.1. The van der Waals surface area contributed by atoms with Crippen LogP contribution in [0.4, 0.5) is 0 Å². The van der Waals surface area contributed by atoms with Crippen molar-refractivity contribution in [2.24, 2.45) is 0 Å². The molecule has 1 unspecified atom stereocenters. The van der Waals surface area contributed by atoms with Crippen molar-refractivity contribution in [1.82, 2.24) is 10.2 Å². The van der Waals surface area contributed by atoms with Crippen LogP contribution in [0.15, 0.2) is 24.3 Å². The molecular weight excluding hydrogens is 246 g/mol. The lowest BCUT2D eigenvalue weighted by molar-refractivity contribution is 0.282. The Morgan fingerprint density at radius 3 is 2.75 bits per heavy atom. The maximum Gasteiger partial charge on any atom is 0.0991 e. The molecule has 1 fully saturated rings. The summed E-state index contributed by atoms with van der Waals surface area (Å²) in [5, 5.41) is 12.5. The number of likely N-dealkylation sites (tertiary alicyclic amines) is 1. The van der Waals surface area contributed by atoms with E-state index in [9.17, 15) is 0 Å². The van der Waals surface area contributed by atoms with Gasteiger partial charge in [0.25, 0.3) is 0 Å². The van der Waals surface area contributed by atoms with Gasteiger partial charge in [-0.3, -0.25) is 0 Å². The molecule has 1 atom stereocenters. The van der Waals surface area contributed by atoms with Crippen molar-refractivity contribution < 1.29 is 0 Å². The van der Waals surface area contributed by atoms with Crippen LogP contribution >= 0.6 is 0 Å². The highest BCUT2D eigenvalue weighted by molar-refractivity contribution is 5.31. The number of nitrogens with zero attached hydrogens (tertiary/aromatic N) is 2. The summed E-state index contributed by atoms with van der Waals surface area (Å²) in [5.74, 6) is 0. The first kappa shape index (κ1) is 15.0. The van der Waals surface area contributed by atoms with Crippen molar-refractivity contribution in [3.05, 3.63) is 35.4 Å². The van der Waals surface area contributed by atoms with E-state index < -0.39 is 0 Å². The van der Waals surface area contributed by atoms with Gasteiger partial charge in [0, 0.05) is 12.6 Å². The molecule has 1 heterocycles. The van der Waals surface area contributed by atoms with Crippen LogP contribution in [0.1, 0.15) is 43.7 Å². The van der Waals surface area contributed by atoms with Crippen LogP contribution in [0.25, 0.3) is 0 Å². The van der Waals surface area contributed by atoms with Crippen molar-refractivity contribution in [3.8, 4) is 6.07 Å². The van der Waals surface area contributed by atoms with E-state index >= 15 is 0 Å². The van der Waals surface area contributed by atoms with Gasteiger partial charge in [-0.2, -0.15) is 5.26 Å². The number of rotatable bonds is 5. The third kappa shape index (κ3) is 4.63. The average Bonchev–Trinajstić information content (AvgIpc) is 2.71. The predicted octanol–water partition coefficient (Wildman–Crippen LogP) is 2.91. The van der Waals surface area contributed by atoms with Gasteiger partial charge < -0.3 is 10.2 Å². The Kier molecular flexibility index (Phi) is 6.04. The van der Waals surface area contributed by atoms with E-state index in [0.29, 0.717) is 6.04 Å². The molecule has 0 amide bonds. The third-order valence-corrected chi connectivity index (χ3v) is 4.04. The molecule has 3 nitrogen and oxygen atoms in total. The number of hydrogen-bond donors (Lipinski definition) is 1. The Balaban J connectivity index is 1.77. The van der Waals surface area contributed by atoms with E-state index in [1.54, 1.807) is 0 Å². The quantitative estimate of drug-likeness (QED) is 0.895. The molecule has 1 N–H and O–H groups in total. The lowest BCUT2D eigenvalue weighted by Gasteiger charge is -2.19. The Hall–Kier alpha value is -1.37. The predicted molar refractivity (Wildman–Crippen MR) is 82.4 cm³/mol. The fourth-order valence-electron chi connectivity index (χ4n) is 2.86. The second-order valence-corrected chi connectivity index (χ2v) is 5.66. The number of nitriles is 1. The third-order valence-electron chi connectivity index (χ3n) is 4.04. The van der Waals surface area contributed by atoms with Crippen molar-refractivity contribution in [2.75, 3.05) is 19.6 Å². The van der Waals surface area contributed by atoms with E-state index in [1.807, 2.05) is 24.3 Å². The second kappa shape index (κ2) is 8.04. The van der Waals surface area contributed by atoms with Crippen LogP contribution in [0.2, 0.25) is 0 Å². The molecule has 1 aromatic rings. The van der Waals surface area contributed by atoms with Gasteiger partial charge in [-0.1, -0.05) is 19.1 Å². The summed E-state index contributed by atoms with van der Waals surface area (Å²) in [5.41, 5.74) is 2.00. The van der Waals surface area contributed by atoms with E-state index in [4.69, 9.17) is 5.26 Å². The first-order valence-corrected chi connectivity index (χ1v) is 7.76. The molecule has 2 rings (SSSR count). The normalized spacial score (nSPS) is 20.3. The number of hydrogen-bond acceptors (Lipinski definition) is 3. The highest BCUT2D eigenvalue weighted by Crippen LogP contribution is 2.12. The lowest BCUT2D eigenvalue weighted by atomic mass is 10.1. The molecule has 0 aliphatic carbocycles. The molecule has 1 aliphatic rings. The molecule has 0 spiro atoms. The highest BCUT2D eigenvalue weighted by Gasteiger charge is 2.15. The summed E-state index contributed by atoms with van der Waals surface area (Å²) in [6, 6.07) is 10.7. The first-order valence-electron chi connectivity index (χ1n) is 7.76. The minimum atomic E-state index is 0.632. The summed E-state index contributed by atoms with van der Waals surface area (Å²) < 4.78 is 0. The van der Waals surface area contributed by atoms with Gasteiger partial charge in [-0.15, -0.1) is 0 Å². The van der Waals surface area contributed by atoms with Crippen LogP contribution in [0, 0.1) is 11.3 Å². The summed E-state index contributed by atoms with van der Waals surface area (Å²) >= 11 is 0. The minimum Gasteiger partial charge on any atom is -0.310 e. The zero-order valence-corrected chi connectivity index (χ0v) is 12.4. The van der Waals surface area contributed by atoms with Gasteiger partial charge in [-0.05, 0) is 63.0 Å². The van der Waals surface area contributed by atoms with E-state index in [0.717, 1.165) is 12.1 Å². The van der Waals surface area contributed by atoms with Gasteiger partial charge in [0.1, 0.15) is 0 Å². The molecule has 3 heteroatoms. The largest absolute Gasteiger partial charge is 0.310 e. The van der Waals surface area contributed by atoms with Crippen LogP contribution in [0.5, 0.6) is 0 Å². The second-order valence-electron chi connectivity index (χ2n) is 5.66. The van der Waals surface area contributed by atoms with Gasteiger partial charge in [0.05, 0.1) is 11.6 Å². The van der Waals surface area contributed by atoms with Crippen molar-refractivity contribution >= 4 is 0 Å². The zero-order valence-electron chi connectivity index (χ0n) is 12.4. The van der Waals surface area contributed by atoms with E-state index in [-0.39, 0.29) is 0 Å². The molecule has 1 aliphatic heterocycles.